The molecule has 4 heteroatoms. The average Bonchev–Trinajstić information content (AvgIpc) is 3.12. The SMILES string of the molecule is CC1CN(c2ccc(F)c(Cl)c2)CC2(CC2)CN1. The molecule has 1 saturated heterocycles. The van der Waals surface area contributed by atoms with Crippen LogP contribution in [-0.2, 0) is 0 Å². The number of benzene rings is 1. The lowest BCUT2D eigenvalue weighted by atomic mass is 10.1. The standard InChI is InChI=1S/C14H18ClFN2/c1-10-7-18(9-14(4-5-14)8-17-10)11-2-3-13(16)12(15)6-11/h2-3,6,10,17H,4-5,7-9H2,1H3. The van der Waals surface area contributed by atoms with E-state index in [4.69, 9.17) is 11.6 Å². The van der Waals surface area contributed by atoms with E-state index in [1.165, 1.54) is 18.9 Å². The van der Waals surface area contributed by atoms with Gasteiger partial charge in [-0.25, -0.2) is 4.39 Å². The van der Waals surface area contributed by atoms with Gasteiger partial charge in [0, 0.05) is 36.8 Å². The Hall–Kier alpha value is -0.800. The number of rotatable bonds is 1. The maximum Gasteiger partial charge on any atom is 0.141 e. The quantitative estimate of drug-likeness (QED) is 0.842. The molecule has 1 aliphatic heterocycles. The van der Waals surface area contributed by atoms with Crippen LogP contribution in [0.25, 0.3) is 0 Å². The summed E-state index contributed by atoms with van der Waals surface area (Å²) in [6, 6.07) is 5.48. The molecular formula is C14H18ClFN2. The number of hydrogen-bond acceptors (Lipinski definition) is 2. The normalized spacial score (nSPS) is 26.2. The number of nitrogens with zero attached hydrogens (tertiary/aromatic N) is 1. The topological polar surface area (TPSA) is 15.3 Å². The summed E-state index contributed by atoms with van der Waals surface area (Å²) >= 11 is 5.88. The Bertz CT molecular complexity index is 459. The van der Waals surface area contributed by atoms with E-state index in [9.17, 15) is 4.39 Å². The van der Waals surface area contributed by atoms with Crippen molar-refractivity contribution in [2.24, 2.45) is 5.41 Å². The molecule has 1 aromatic rings. The third kappa shape index (κ3) is 2.34. The van der Waals surface area contributed by atoms with Gasteiger partial charge in [0.05, 0.1) is 5.02 Å². The lowest BCUT2D eigenvalue weighted by molar-refractivity contribution is 0.479. The lowest BCUT2D eigenvalue weighted by Gasteiger charge is -2.27. The number of halogens is 2. The van der Waals surface area contributed by atoms with E-state index < -0.39 is 0 Å². The average molecular weight is 269 g/mol. The predicted octanol–water partition coefficient (Wildman–Crippen LogP) is 3.06. The second-order valence-corrected chi connectivity index (χ2v) is 6.17. The van der Waals surface area contributed by atoms with Crippen molar-refractivity contribution in [1.82, 2.24) is 5.32 Å². The van der Waals surface area contributed by atoms with Crippen molar-refractivity contribution >= 4 is 17.3 Å². The maximum atomic E-state index is 13.2. The Morgan fingerprint density at radius 2 is 2.22 bits per heavy atom. The molecular weight excluding hydrogens is 251 g/mol. The Labute approximate surface area is 112 Å². The Morgan fingerprint density at radius 1 is 1.44 bits per heavy atom. The van der Waals surface area contributed by atoms with Gasteiger partial charge in [-0.2, -0.15) is 0 Å². The molecule has 1 unspecified atom stereocenters. The highest BCUT2D eigenvalue weighted by atomic mass is 35.5. The molecule has 0 aromatic heterocycles. The molecule has 0 amide bonds. The molecule has 98 valence electrons. The predicted molar refractivity (Wildman–Crippen MR) is 72.8 cm³/mol. The van der Waals surface area contributed by atoms with E-state index in [1.807, 2.05) is 6.07 Å². The van der Waals surface area contributed by atoms with Crippen LogP contribution in [0.15, 0.2) is 18.2 Å². The van der Waals surface area contributed by atoms with Crippen LogP contribution < -0.4 is 10.2 Å². The molecule has 1 saturated carbocycles. The lowest BCUT2D eigenvalue weighted by Crippen LogP contribution is -2.35. The summed E-state index contributed by atoms with van der Waals surface area (Å²) in [6.45, 7) is 5.29. The highest BCUT2D eigenvalue weighted by Gasteiger charge is 2.45. The Balaban J connectivity index is 1.86. The van der Waals surface area contributed by atoms with Crippen LogP contribution in [0.2, 0.25) is 5.02 Å². The molecule has 2 aliphatic rings. The molecule has 0 radical (unpaired) electrons. The van der Waals surface area contributed by atoms with Gasteiger partial charge in [0.2, 0.25) is 0 Å². The van der Waals surface area contributed by atoms with Gasteiger partial charge in [-0.3, -0.25) is 0 Å². The van der Waals surface area contributed by atoms with Gasteiger partial charge in [-0.1, -0.05) is 11.6 Å². The Kier molecular flexibility index (Phi) is 2.99. The second kappa shape index (κ2) is 4.39. The van der Waals surface area contributed by atoms with Crippen LogP contribution in [-0.4, -0.2) is 25.7 Å². The van der Waals surface area contributed by atoms with Crippen LogP contribution in [0.4, 0.5) is 10.1 Å². The molecule has 1 spiro atoms. The molecule has 3 rings (SSSR count). The van der Waals surface area contributed by atoms with E-state index >= 15 is 0 Å². The van der Waals surface area contributed by atoms with E-state index in [0.717, 1.165) is 25.3 Å². The highest BCUT2D eigenvalue weighted by Crippen LogP contribution is 2.47. The summed E-state index contributed by atoms with van der Waals surface area (Å²) in [7, 11) is 0. The molecule has 1 aromatic carbocycles. The number of nitrogens with one attached hydrogen (secondary N) is 1. The van der Waals surface area contributed by atoms with Gasteiger partial charge >= 0.3 is 0 Å². The third-order valence-corrected chi connectivity index (χ3v) is 4.36. The van der Waals surface area contributed by atoms with Crippen LogP contribution >= 0.6 is 11.6 Å². The zero-order valence-corrected chi connectivity index (χ0v) is 11.3. The van der Waals surface area contributed by atoms with Crippen LogP contribution in [0.1, 0.15) is 19.8 Å². The fourth-order valence-corrected chi connectivity index (χ4v) is 2.88. The summed E-state index contributed by atoms with van der Waals surface area (Å²) in [4.78, 5) is 2.34. The fourth-order valence-electron chi connectivity index (χ4n) is 2.70. The Morgan fingerprint density at radius 3 is 2.89 bits per heavy atom. The van der Waals surface area contributed by atoms with Crippen molar-refractivity contribution in [2.75, 3.05) is 24.5 Å². The van der Waals surface area contributed by atoms with Crippen molar-refractivity contribution < 1.29 is 4.39 Å². The minimum atomic E-state index is -0.345. The zero-order chi connectivity index (χ0) is 12.8. The first kappa shape index (κ1) is 12.2. The fraction of sp³-hybridized carbons (Fsp3) is 0.571. The summed E-state index contributed by atoms with van der Waals surface area (Å²) in [6.07, 6.45) is 2.58. The first-order valence-corrected chi connectivity index (χ1v) is 6.89. The molecule has 18 heavy (non-hydrogen) atoms. The van der Waals surface area contributed by atoms with Gasteiger partial charge in [-0.15, -0.1) is 0 Å². The van der Waals surface area contributed by atoms with Crippen LogP contribution in [0.3, 0.4) is 0 Å². The molecule has 2 fully saturated rings. The van der Waals surface area contributed by atoms with Crippen LogP contribution in [0.5, 0.6) is 0 Å². The van der Waals surface area contributed by atoms with Gasteiger partial charge < -0.3 is 10.2 Å². The molecule has 2 nitrogen and oxygen atoms in total. The minimum Gasteiger partial charge on any atom is -0.369 e. The summed E-state index contributed by atoms with van der Waals surface area (Å²) in [5.41, 5.74) is 1.47. The van der Waals surface area contributed by atoms with Crippen molar-refractivity contribution in [2.45, 2.75) is 25.8 Å². The van der Waals surface area contributed by atoms with Crippen molar-refractivity contribution in [1.29, 1.82) is 0 Å². The smallest absolute Gasteiger partial charge is 0.141 e. The summed E-state index contributed by atoms with van der Waals surface area (Å²) in [5, 5.41) is 3.78. The monoisotopic (exact) mass is 268 g/mol. The van der Waals surface area contributed by atoms with Crippen molar-refractivity contribution in [3.05, 3.63) is 29.0 Å². The number of hydrogen-bond donors (Lipinski definition) is 1. The zero-order valence-electron chi connectivity index (χ0n) is 10.5. The second-order valence-electron chi connectivity index (χ2n) is 5.76. The summed E-state index contributed by atoms with van der Waals surface area (Å²) < 4.78 is 13.2. The van der Waals surface area contributed by atoms with E-state index in [1.54, 1.807) is 6.07 Å². The molecule has 1 N–H and O–H groups in total. The molecule has 0 bridgehead atoms. The van der Waals surface area contributed by atoms with E-state index in [0.29, 0.717) is 11.5 Å². The van der Waals surface area contributed by atoms with Crippen molar-refractivity contribution in [3.8, 4) is 0 Å². The minimum absolute atomic E-state index is 0.210. The molecule has 1 heterocycles. The van der Waals surface area contributed by atoms with Gasteiger partial charge in [0.15, 0.2) is 0 Å². The van der Waals surface area contributed by atoms with Gasteiger partial charge in [0.1, 0.15) is 5.82 Å². The third-order valence-electron chi connectivity index (χ3n) is 4.07. The first-order chi connectivity index (χ1) is 8.58. The summed E-state index contributed by atoms with van der Waals surface area (Å²) in [5.74, 6) is -0.345. The van der Waals surface area contributed by atoms with Crippen molar-refractivity contribution in [3.63, 3.8) is 0 Å². The van der Waals surface area contributed by atoms with E-state index in [2.05, 4.69) is 17.1 Å². The van der Waals surface area contributed by atoms with E-state index in [-0.39, 0.29) is 10.8 Å². The van der Waals surface area contributed by atoms with Gasteiger partial charge in [-0.05, 0) is 38.0 Å². The molecule has 1 atom stereocenters. The number of anilines is 1. The first-order valence-electron chi connectivity index (χ1n) is 6.51. The molecule has 1 aliphatic carbocycles. The maximum absolute atomic E-state index is 13.2. The van der Waals surface area contributed by atoms with Gasteiger partial charge in [0.25, 0.3) is 0 Å². The van der Waals surface area contributed by atoms with Crippen LogP contribution in [0, 0.1) is 11.2 Å². The largest absolute Gasteiger partial charge is 0.369 e. The highest BCUT2D eigenvalue weighted by molar-refractivity contribution is 6.31.